The molecule has 0 aliphatic heterocycles. The van der Waals surface area contributed by atoms with Crippen LogP contribution >= 0.6 is 11.8 Å². The number of benzene rings is 2. The van der Waals surface area contributed by atoms with Crippen molar-refractivity contribution < 1.29 is 14.0 Å². The third-order valence-electron chi connectivity index (χ3n) is 5.06. The molecular formula is C24H26N4O4S. The largest absolute Gasteiger partial charge is 0.493 e. The first-order valence-corrected chi connectivity index (χ1v) is 11.4. The zero-order valence-corrected chi connectivity index (χ0v) is 20.1. The van der Waals surface area contributed by atoms with Gasteiger partial charge in [0.05, 0.1) is 37.4 Å². The Morgan fingerprint density at radius 2 is 1.79 bits per heavy atom. The zero-order chi connectivity index (χ0) is 23.6. The molecule has 0 amide bonds. The van der Waals surface area contributed by atoms with Crippen LogP contribution in [0.1, 0.15) is 38.0 Å². The van der Waals surface area contributed by atoms with Gasteiger partial charge >= 0.3 is 0 Å². The maximum atomic E-state index is 13.4. The van der Waals surface area contributed by atoms with Crippen LogP contribution in [0, 0.1) is 0 Å². The maximum absolute atomic E-state index is 13.4. The van der Waals surface area contributed by atoms with E-state index in [0.717, 1.165) is 5.56 Å². The van der Waals surface area contributed by atoms with E-state index in [1.54, 1.807) is 24.9 Å². The van der Waals surface area contributed by atoms with E-state index in [0.29, 0.717) is 51.6 Å². The van der Waals surface area contributed by atoms with Gasteiger partial charge < -0.3 is 14.0 Å². The van der Waals surface area contributed by atoms with Crippen molar-refractivity contribution in [3.63, 3.8) is 0 Å². The first-order chi connectivity index (χ1) is 15.8. The number of fused-ring (bicyclic) bond motifs is 1. The van der Waals surface area contributed by atoms with Crippen molar-refractivity contribution in [1.29, 1.82) is 0 Å². The van der Waals surface area contributed by atoms with Gasteiger partial charge in [-0.2, -0.15) is 4.98 Å². The summed E-state index contributed by atoms with van der Waals surface area (Å²) in [6.45, 7) is 6.38. The first-order valence-electron chi connectivity index (χ1n) is 10.5. The molecule has 0 bridgehead atoms. The van der Waals surface area contributed by atoms with Crippen LogP contribution < -0.4 is 15.0 Å². The van der Waals surface area contributed by atoms with E-state index in [2.05, 4.69) is 10.1 Å². The molecule has 0 spiro atoms. The van der Waals surface area contributed by atoms with Gasteiger partial charge in [0, 0.05) is 5.41 Å². The highest BCUT2D eigenvalue weighted by atomic mass is 32.2. The van der Waals surface area contributed by atoms with Gasteiger partial charge in [-0.25, -0.2) is 4.98 Å². The van der Waals surface area contributed by atoms with Gasteiger partial charge in [0.25, 0.3) is 5.56 Å². The van der Waals surface area contributed by atoms with Crippen LogP contribution in [-0.2, 0) is 17.7 Å². The fraction of sp³-hybridized carbons (Fsp3) is 0.333. The van der Waals surface area contributed by atoms with Crippen LogP contribution in [-0.4, -0.2) is 33.9 Å². The number of thioether (sulfide) groups is 1. The smallest absolute Gasteiger partial charge is 0.262 e. The average Bonchev–Trinajstić information content (AvgIpc) is 3.29. The van der Waals surface area contributed by atoms with Gasteiger partial charge in [-0.1, -0.05) is 55.9 Å². The molecule has 0 N–H and O–H groups in total. The third-order valence-corrected chi connectivity index (χ3v) is 6.03. The summed E-state index contributed by atoms with van der Waals surface area (Å²) in [6, 6.07) is 12.9. The number of para-hydroxylation sites is 1. The van der Waals surface area contributed by atoms with E-state index in [1.165, 1.54) is 11.8 Å². The Balaban J connectivity index is 1.70. The summed E-state index contributed by atoms with van der Waals surface area (Å²) >= 11 is 1.40. The number of rotatable bonds is 7. The van der Waals surface area contributed by atoms with E-state index >= 15 is 0 Å². The van der Waals surface area contributed by atoms with Crippen molar-refractivity contribution in [1.82, 2.24) is 19.7 Å². The molecule has 4 aromatic rings. The van der Waals surface area contributed by atoms with E-state index in [9.17, 15) is 4.79 Å². The zero-order valence-electron chi connectivity index (χ0n) is 19.3. The summed E-state index contributed by atoms with van der Waals surface area (Å²) in [7, 11) is 3.18. The van der Waals surface area contributed by atoms with Crippen LogP contribution in [0.3, 0.4) is 0 Å². The SMILES string of the molecule is COc1ccc(Cn2c(SCc3noc(C(C)(C)C)n3)nc3ccccc3c2=O)cc1OC. The Morgan fingerprint density at radius 1 is 1.03 bits per heavy atom. The van der Waals surface area contributed by atoms with E-state index in [4.69, 9.17) is 19.0 Å². The molecule has 8 nitrogen and oxygen atoms in total. The molecular weight excluding hydrogens is 440 g/mol. The Kier molecular flexibility index (Phi) is 6.42. The Hall–Kier alpha value is -3.33. The molecule has 0 aliphatic rings. The molecule has 9 heteroatoms. The monoisotopic (exact) mass is 466 g/mol. The lowest BCUT2D eigenvalue weighted by atomic mass is 9.97. The lowest BCUT2D eigenvalue weighted by Crippen LogP contribution is -2.24. The highest BCUT2D eigenvalue weighted by Gasteiger charge is 2.22. The number of nitrogens with zero attached hydrogens (tertiary/aromatic N) is 4. The molecule has 0 saturated heterocycles. The highest BCUT2D eigenvalue weighted by molar-refractivity contribution is 7.98. The average molecular weight is 467 g/mol. The van der Waals surface area contributed by atoms with E-state index in [-0.39, 0.29) is 11.0 Å². The van der Waals surface area contributed by atoms with Crippen molar-refractivity contribution >= 4 is 22.7 Å². The maximum Gasteiger partial charge on any atom is 0.262 e. The minimum atomic E-state index is -0.230. The van der Waals surface area contributed by atoms with Crippen LogP contribution in [0.4, 0.5) is 0 Å². The van der Waals surface area contributed by atoms with Crippen molar-refractivity contribution in [2.75, 3.05) is 14.2 Å². The molecule has 172 valence electrons. The van der Waals surface area contributed by atoms with Gasteiger partial charge in [0.2, 0.25) is 5.89 Å². The number of hydrogen-bond acceptors (Lipinski definition) is 8. The van der Waals surface area contributed by atoms with Crippen molar-refractivity contribution in [2.45, 2.75) is 43.6 Å². The van der Waals surface area contributed by atoms with Crippen molar-refractivity contribution in [3.8, 4) is 11.5 Å². The van der Waals surface area contributed by atoms with E-state index < -0.39 is 0 Å². The minimum absolute atomic E-state index is 0.110. The second-order valence-electron chi connectivity index (χ2n) is 8.55. The molecule has 0 atom stereocenters. The van der Waals surface area contributed by atoms with E-state index in [1.807, 2.05) is 57.2 Å². The van der Waals surface area contributed by atoms with Crippen molar-refractivity contribution in [3.05, 3.63) is 70.1 Å². The molecule has 0 radical (unpaired) electrons. The summed E-state index contributed by atoms with van der Waals surface area (Å²) in [4.78, 5) is 22.6. The molecule has 0 fully saturated rings. The second-order valence-corrected chi connectivity index (χ2v) is 9.49. The van der Waals surface area contributed by atoms with Gasteiger partial charge in [0.1, 0.15) is 0 Å². The van der Waals surface area contributed by atoms with Crippen LogP contribution in [0.2, 0.25) is 0 Å². The summed E-state index contributed by atoms with van der Waals surface area (Å²) in [6.07, 6.45) is 0. The predicted octanol–water partition coefficient (Wildman–Crippen LogP) is 4.43. The number of aromatic nitrogens is 4. The first kappa shape index (κ1) is 22.8. The van der Waals surface area contributed by atoms with Crippen LogP contribution in [0.5, 0.6) is 11.5 Å². The molecule has 0 unspecified atom stereocenters. The topological polar surface area (TPSA) is 92.3 Å². The summed E-state index contributed by atoms with van der Waals surface area (Å²) < 4.78 is 17.8. The molecule has 2 heterocycles. The van der Waals surface area contributed by atoms with Gasteiger partial charge in [-0.15, -0.1) is 0 Å². The van der Waals surface area contributed by atoms with Gasteiger partial charge in [-0.3, -0.25) is 9.36 Å². The number of hydrogen-bond donors (Lipinski definition) is 0. The molecule has 2 aromatic heterocycles. The molecule has 0 aliphatic carbocycles. The summed E-state index contributed by atoms with van der Waals surface area (Å²) in [5.41, 5.74) is 1.20. The normalized spacial score (nSPS) is 11.7. The quantitative estimate of drug-likeness (QED) is 0.292. The molecule has 33 heavy (non-hydrogen) atoms. The highest BCUT2D eigenvalue weighted by Crippen LogP contribution is 2.29. The van der Waals surface area contributed by atoms with Gasteiger partial charge in [-0.05, 0) is 29.8 Å². The Labute approximate surface area is 195 Å². The minimum Gasteiger partial charge on any atom is -0.493 e. The fourth-order valence-corrected chi connectivity index (χ4v) is 4.15. The fourth-order valence-electron chi connectivity index (χ4n) is 3.31. The summed E-state index contributed by atoms with van der Waals surface area (Å²) in [5.74, 6) is 2.80. The van der Waals surface area contributed by atoms with Crippen molar-refractivity contribution in [2.24, 2.45) is 0 Å². The molecule has 0 saturated carbocycles. The predicted molar refractivity (Wildman–Crippen MR) is 127 cm³/mol. The van der Waals surface area contributed by atoms with Crippen LogP contribution in [0.25, 0.3) is 10.9 Å². The standard InChI is InChI=1S/C24H26N4O4S/c1-24(2,3)22-26-20(27-32-22)14-33-23-25-17-9-7-6-8-16(17)21(29)28(23)13-15-10-11-18(30-4)19(12-15)31-5/h6-12H,13-14H2,1-5H3. The molecule has 2 aromatic carbocycles. The third kappa shape index (κ3) is 4.88. The Bertz CT molecular complexity index is 1340. The molecule has 4 rings (SSSR count). The Morgan fingerprint density at radius 3 is 2.48 bits per heavy atom. The van der Waals surface area contributed by atoms with Crippen LogP contribution in [0.15, 0.2) is 56.9 Å². The second kappa shape index (κ2) is 9.27. The number of methoxy groups -OCH3 is 2. The lowest BCUT2D eigenvalue weighted by molar-refractivity contribution is 0.319. The summed E-state index contributed by atoms with van der Waals surface area (Å²) in [5, 5.41) is 5.23. The van der Waals surface area contributed by atoms with Gasteiger partial charge in [0.15, 0.2) is 22.5 Å². The lowest BCUT2D eigenvalue weighted by Gasteiger charge is -2.14. The number of ether oxygens (including phenoxy) is 2.